The Hall–Kier alpha value is -1.39. The summed E-state index contributed by atoms with van der Waals surface area (Å²) < 4.78 is 13.5. The van der Waals surface area contributed by atoms with Gasteiger partial charge in [0.15, 0.2) is 5.79 Å². The lowest BCUT2D eigenvalue weighted by Gasteiger charge is -2.17. The highest BCUT2D eigenvalue weighted by Gasteiger charge is 2.32. The van der Waals surface area contributed by atoms with Crippen molar-refractivity contribution in [1.29, 1.82) is 0 Å². The Balaban J connectivity index is 1.82. The molecule has 1 aliphatic heterocycles. The van der Waals surface area contributed by atoms with Gasteiger partial charge in [-0.15, -0.1) is 0 Å². The van der Waals surface area contributed by atoms with Crippen LogP contribution in [0.3, 0.4) is 0 Å². The van der Waals surface area contributed by atoms with Gasteiger partial charge in [0.2, 0.25) is 0 Å². The van der Waals surface area contributed by atoms with Crippen LogP contribution >= 0.6 is 0 Å². The molecule has 0 saturated carbocycles. The standard InChI is InChI=1S/C13H16N2O2/c1-13(2)16-8-10(17-13)7-15-9-14-11-5-3-4-6-12(11)15/h3-6,9-10H,7-8H2,1-2H3. The molecule has 1 aliphatic rings. The van der Waals surface area contributed by atoms with Crippen molar-refractivity contribution >= 4 is 11.0 Å². The molecule has 0 amide bonds. The first kappa shape index (κ1) is 10.7. The van der Waals surface area contributed by atoms with Crippen LogP contribution < -0.4 is 0 Å². The summed E-state index contributed by atoms with van der Waals surface area (Å²) in [6.07, 6.45) is 1.96. The van der Waals surface area contributed by atoms with Gasteiger partial charge in [-0.25, -0.2) is 4.98 Å². The number of hydrogen-bond acceptors (Lipinski definition) is 3. The minimum absolute atomic E-state index is 0.0996. The average Bonchev–Trinajstić information content (AvgIpc) is 2.84. The minimum atomic E-state index is -0.457. The number of fused-ring (bicyclic) bond motifs is 1. The van der Waals surface area contributed by atoms with E-state index in [0.717, 1.165) is 17.6 Å². The van der Waals surface area contributed by atoms with Gasteiger partial charge in [-0.1, -0.05) is 12.1 Å². The molecule has 90 valence electrons. The molecule has 4 heteroatoms. The predicted molar refractivity (Wildman–Crippen MR) is 64.6 cm³/mol. The topological polar surface area (TPSA) is 36.3 Å². The third kappa shape index (κ3) is 2.06. The van der Waals surface area contributed by atoms with Crippen LogP contribution in [0.1, 0.15) is 13.8 Å². The van der Waals surface area contributed by atoms with Crippen molar-refractivity contribution in [3.63, 3.8) is 0 Å². The number of nitrogens with zero attached hydrogens (tertiary/aromatic N) is 2. The summed E-state index contributed by atoms with van der Waals surface area (Å²) in [6, 6.07) is 8.11. The van der Waals surface area contributed by atoms with E-state index in [1.54, 1.807) is 0 Å². The fourth-order valence-corrected chi connectivity index (χ4v) is 2.23. The van der Waals surface area contributed by atoms with Crippen LogP contribution in [0.4, 0.5) is 0 Å². The van der Waals surface area contributed by atoms with Crippen molar-refractivity contribution in [2.45, 2.75) is 32.3 Å². The van der Waals surface area contributed by atoms with Crippen molar-refractivity contribution in [2.75, 3.05) is 6.61 Å². The molecule has 4 nitrogen and oxygen atoms in total. The van der Waals surface area contributed by atoms with Crippen molar-refractivity contribution < 1.29 is 9.47 Å². The Morgan fingerprint density at radius 2 is 2.24 bits per heavy atom. The van der Waals surface area contributed by atoms with Crippen LogP contribution in [0.2, 0.25) is 0 Å². The largest absolute Gasteiger partial charge is 0.348 e. The van der Waals surface area contributed by atoms with E-state index >= 15 is 0 Å². The van der Waals surface area contributed by atoms with Crippen LogP contribution in [-0.4, -0.2) is 28.0 Å². The van der Waals surface area contributed by atoms with Gasteiger partial charge in [-0.05, 0) is 26.0 Å². The second-order valence-corrected chi connectivity index (χ2v) is 4.84. The fourth-order valence-electron chi connectivity index (χ4n) is 2.23. The molecular weight excluding hydrogens is 216 g/mol. The zero-order valence-corrected chi connectivity index (χ0v) is 10.1. The number of hydrogen-bond donors (Lipinski definition) is 0. The molecule has 0 spiro atoms. The van der Waals surface area contributed by atoms with Crippen molar-refractivity contribution in [1.82, 2.24) is 9.55 Å². The molecule has 1 aromatic carbocycles. The maximum absolute atomic E-state index is 5.80. The lowest BCUT2D eigenvalue weighted by Crippen LogP contribution is -2.23. The monoisotopic (exact) mass is 232 g/mol. The van der Waals surface area contributed by atoms with Gasteiger partial charge in [-0.3, -0.25) is 0 Å². The van der Waals surface area contributed by atoms with Gasteiger partial charge in [0, 0.05) is 0 Å². The van der Waals surface area contributed by atoms with Gasteiger partial charge >= 0.3 is 0 Å². The Morgan fingerprint density at radius 1 is 1.41 bits per heavy atom. The van der Waals surface area contributed by atoms with Crippen LogP contribution in [0, 0.1) is 0 Å². The molecule has 0 bridgehead atoms. The van der Waals surface area contributed by atoms with Crippen molar-refractivity contribution in [3.05, 3.63) is 30.6 Å². The van der Waals surface area contributed by atoms with Gasteiger partial charge in [-0.2, -0.15) is 0 Å². The highest BCUT2D eigenvalue weighted by molar-refractivity contribution is 5.74. The van der Waals surface area contributed by atoms with E-state index in [4.69, 9.17) is 9.47 Å². The lowest BCUT2D eigenvalue weighted by molar-refractivity contribution is -0.139. The second kappa shape index (κ2) is 3.82. The lowest BCUT2D eigenvalue weighted by atomic mass is 10.3. The highest BCUT2D eigenvalue weighted by atomic mass is 16.7. The zero-order valence-electron chi connectivity index (χ0n) is 10.1. The maximum Gasteiger partial charge on any atom is 0.163 e. The van der Waals surface area contributed by atoms with Crippen LogP contribution in [-0.2, 0) is 16.0 Å². The summed E-state index contributed by atoms with van der Waals surface area (Å²) in [5.41, 5.74) is 2.16. The molecule has 2 aromatic rings. The summed E-state index contributed by atoms with van der Waals surface area (Å²) >= 11 is 0. The van der Waals surface area contributed by atoms with Crippen LogP contribution in [0.5, 0.6) is 0 Å². The second-order valence-electron chi connectivity index (χ2n) is 4.84. The SMILES string of the molecule is CC1(C)OCC(Cn2cnc3ccccc32)O1. The van der Waals surface area contributed by atoms with Gasteiger partial charge in [0.25, 0.3) is 0 Å². The van der Waals surface area contributed by atoms with E-state index in [2.05, 4.69) is 15.6 Å². The highest BCUT2D eigenvalue weighted by Crippen LogP contribution is 2.24. The van der Waals surface area contributed by atoms with Crippen LogP contribution in [0.15, 0.2) is 30.6 Å². The third-order valence-electron chi connectivity index (χ3n) is 3.00. The van der Waals surface area contributed by atoms with E-state index in [-0.39, 0.29) is 6.10 Å². The first-order valence-corrected chi connectivity index (χ1v) is 5.86. The molecule has 17 heavy (non-hydrogen) atoms. The molecule has 1 fully saturated rings. The first-order chi connectivity index (χ1) is 8.14. The maximum atomic E-state index is 5.80. The van der Waals surface area contributed by atoms with Crippen molar-refractivity contribution in [3.8, 4) is 0 Å². The summed E-state index contributed by atoms with van der Waals surface area (Å²) in [5, 5.41) is 0. The number of imidazole rings is 1. The average molecular weight is 232 g/mol. The molecule has 0 N–H and O–H groups in total. The third-order valence-corrected chi connectivity index (χ3v) is 3.00. The van der Waals surface area contributed by atoms with Gasteiger partial charge in [0.05, 0.1) is 30.5 Å². The summed E-state index contributed by atoms with van der Waals surface area (Å²) in [6.45, 7) is 5.31. The first-order valence-electron chi connectivity index (χ1n) is 5.86. The molecule has 0 aliphatic carbocycles. The fraction of sp³-hybridized carbons (Fsp3) is 0.462. The van der Waals surface area contributed by atoms with Crippen LogP contribution in [0.25, 0.3) is 11.0 Å². The molecule has 2 heterocycles. The number of aromatic nitrogens is 2. The Bertz CT molecular complexity index is 533. The van der Waals surface area contributed by atoms with Gasteiger partial charge in [0.1, 0.15) is 6.10 Å². The van der Waals surface area contributed by atoms with E-state index in [1.807, 2.05) is 38.4 Å². The Kier molecular flexibility index (Phi) is 2.42. The number of para-hydroxylation sites is 2. The molecule has 3 rings (SSSR count). The number of benzene rings is 1. The normalized spacial score (nSPS) is 23.3. The number of rotatable bonds is 2. The molecular formula is C13H16N2O2. The van der Waals surface area contributed by atoms with E-state index in [0.29, 0.717) is 6.61 Å². The quantitative estimate of drug-likeness (QED) is 0.796. The molecule has 1 atom stereocenters. The van der Waals surface area contributed by atoms with Gasteiger partial charge < -0.3 is 14.0 Å². The van der Waals surface area contributed by atoms with E-state index in [9.17, 15) is 0 Å². The number of ether oxygens (including phenoxy) is 2. The molecule has 1 unspecified atom stereocenters. The predicted octanol–water partition coefficient (Wildman–Crippen LogP) is 2.19. The molecule has 0 radical (unpaired) electrons. The van der Waals surface area contributed by atoms with E-state index < -0.39 is 5.79 Å². The smallest absolute Gasteiger partial charge is 0.163 e. The summed E-state index contributed by atoms with van der Waals surface area (Å²) in [5.74, 6) is -0.457. The Morgan fingerprint density at radius 3 is 3.00 bits per heavy atom. The Labute approximate surface area is 100 Å². The van der Waals surface area contributed by atoms with E-state index in [1.165, 1.54) is 0 Å². The summed E-state index contributed by atoms with van der Waals surface area (Å²) in [4.78, 5) is 4.36. The van der Waals surface area contributed by atoms with Crippen molar-refractivity contribution in [2.24, 2.45) is 0 Å². The minimum Gasteiger partial charge on any atom is -0.348 e. The zero-order chi connectivity index (χ0) is 11.9. The molecule has 1 aromatic heterocycles. The summed E-state index contributed by atoms with van der Waals surface area (Å²) in [7, 11) is 0. The molecule has 1 saturated heterocycles.